The Morgan fingerprint density at radius 2 is 1.00 bits per heavy atom. The first-order chi connectivity index (χ1) is 12.1. The molecule has 0 aromatic carbocycles. The average Bonchev–Trinajstić information content (AvgIpc) is 2.49. The van der Waals surface area contributed by atoms with Crippen molar-refractivity contribution >= 4 is 20.2 Å². The first kappa shape index (κ1) is 23.7. The summed E-state index contributed by atoms with van der Waals surface area (Å²) in [7, 11) is -8.30. The minimum atomic E-state index is -4.15. The monoisotopic (exact) mass is 416 g/mol. The van der Waals surface area contributed by atoms with E-state index in [0.29, 0.717) is 65.2 Å². The maximum atomic E-state index is 11.6. The van der Waals surface area contributed by atoms with Crippen LogP contribution in [0.2, 0.25) is 0 Å². The summed E-state index contributed by atoms with van der Waals surface area (Å²) < 4.78 is 65.1. The Labute approximate surface area is 156 Å². The topological polar surface area (TPSA) is 139 Å². The molecule has 0 radical (unpaired) electrons. The fourth-order valence-corrected chi connectivity index (χ4v) is 5.27. The van der Waals surface area contributed by atoms with Crippen molar-refractivity contribution in [2.24, 2.45) is 0 Å². The molecule has 0 aromatic rings. The third-order valence-corrected chi connectivity index (χ3v) is 7.14. The van der Waals surface area contributed by atoms with Gasteiger partial charge in [0, 0.05) is 52.4 Å². The Hall–Kier alpha value is -0.340. The van der Waals surface area contributed by atoms with Gasteiger partial charge in [-0.3, -0.25) is 18.9 Å². The summed E-state index contributed by atoms with van der Waals surface area (Å²) in [6.07, 6.45) is 0.582. The lowest BCUT2D eigenvalue weighted by Gasteiger charge is -2.32. The molecule has 0 aromatic heterocycles. The summed E-state index contributed by atoms with van der Waals surface area (Å²) in [6, 6.07) is 0. The van der Waals surface area contributed by atoms with Crippen molar-refractivity contribution < 1.29 is 25.9 Å². The Morgan fingerprint density at radius 1 is 0.731 bits per heavy atom. The Bertz CT molecular complexity index is 547. The summed E-state index contributed by atoms with van der Waals surface area (Å²) in [5, 5.41) is 4.46. The highest BCUT2D eigenvalue weighted by Gasteiger charge is 2.29. The van der Waals surface area contributed by atoms with E-state index in [4.69, 9.17) is 0 Å². The van der Waals surface area contributed by atoms with Crippen molar-refractivity contribution in [3.63, 3.8) is 0 Å². The second-order valence-electron chi connectivity index (χ2n) is 6.33. The van der Waals surface area contributed by atoms with E-state index in [1.54, 1.807) is 23.6 Å². The molecule has 0 aliphatic carbocycles. The molecule has 1 aliphatic rings. The molecule has 0 bridgehead atoms. The highest BCUT2D eigenvalue weighted by Crippen LogP contribution is 2.11. The van der Waals surface area contributed by atoms with Gasteiger partial charge in [0.15, 0.2) is 0 Å². The molecule has 1 aliphatic heterocycles. The fraction of sp³-hybridized carbons (Fsp3) is 1.00. The van der Waals surface area contributed by atoms with Gasteiger partial charge in [0.2, 0.25) is 0 Å². The van der Waals surface area contributed by atoms with Gasteiger partial charge >= 0.3 is 0 Å². The largest absolute Gasteiger partial charge is 0.314 e. The van der Waals surface area contributed by atoms with Crippen LogP contribution in [0.5, 0.6) is 0 Å². The normalized spacial score (nSPS) is 22.9. The zero-order valence-corrected chi connectivity index (χ0v) is 17.1. The SMILES string of the molecule is CCC(N1CCNCCN(C(CC)S(=O)(=O)O)CCNCC1)S(=O)(=O)O. The van der Waals surface area contributed by atoms with E-state index in [0.717, 1.165) is 0 Å². The first-order valence-electron chi connectivity index (χ1n) is 8.93. The summed E-state index contributed by atoms with van der Waals surface area (Å²) >= 11 is 0. The van der Waals surface area contributed by atoms with Crippen LogP contribution in [-0.4, -0.2) is 98.8 Å². The van der Waals surface area contributed by atoms with Crippen LogP contribution in [0.3, 0.4) is 0 Å². The van der Waals surface area contributed by atoms with E-state index in [2.05, 4.69) is 10.6 Å². The number of nitrogens with zero attached hydrogens (tertiary/aromatic N) is 2. The van der Waals surface area contributed by atoms with Crippen LogP contribution in [0.15, 0.2) is 0 Å². The van der Waals surface area contributed by atoms with Gasteiger partial charge in [0.25, 0.3) is 20.2 Å². The van der Waals surface area contributed by atoms with E-state index >= 15 is 0 Å². The summed E-state index contributed by atoms with van der Waals surface area (Å²) in [4.78, 5) is 3.45. The van der Waals surface area contributed by atoms with E-state index in [-0.39, 0.29) is 0 Å². The van der Waals surface area contributed by atoms with Gasteiger partial charge in [0.1, 0.15) is 10.7 Å². The average molecular weight is 417 g/mol. The number of hydrogen-bond donors (Lipinski definition) is 4. The first-order valence-corrected chi connectivity index (χ1v) is 11.9. The van der Waals surface area contributed by atoms with Gasteiger partial charge in [0.05, 0.1) is 0 Å². The zero-order valence-electron chi connectivity index (χ0n) is 15.5. The second kappa shape index (κ2) is 10.9. The van der Waals surface area contributed by atoms with Gasteiger partial charge in [-0.1, -0.05) is 13.8 Å². The highest BCUT2D eigenvalue weighted by atomic mass is 32.2. The maximum absolute atomic E-state index is 11.6. The lowest BCUT2D eigenvalue weighted by atomic mass is 10.3. The molecule has 1 heterocycles. The Kier molecular flexibility index (Phi) is 9.90. The highest BCUT2D eigenvalue weighted by molar-refractivity contribution is 7.86. The maximum Gasteiger partial charge on any atom is 0.281 e. The minimum Gasteiger partial charge on any atom is -0.314 e. The smallest absolute Gasteiger partial charge is 0.281 e. The molecule has 1 saturated heterocycles. The zero-order chi connectivity index (χ0) is 19.8. The quantitative estimate of drug-likeness (QED) is 0.400. The van der Waals surface area contributed by atoms with Crippen LogP contribution in [-0.2, 0) is 20.2 Å². The van der Waals surface area contributed by atoms with Crippen LogP contribution in [0.25, 0.3) is 0 Å². The standard InChI is InChI=1S/C14H32N4O6S2/c1-3-13(25(19,20)21)17-9-5-15-7-11-18(12-8-16-6-10-17)14(4-2)26(22,23)24/h13-16H,3-12H2,1-2H3,(H,19,20,21)(H,22,23,24). The lowest BCUT2D eigenvalue weighted by molar-refractivity contribution is 0.206. The van der Waals surface area contributed by atoms with Gasteiger partial charge in [-0.2, -0.15) is 16.8 Å². The molecule has 0 spiro atoms. The molecule has 4 N–H and O–H groups in total. The number of rotatable bonds is 6. The lowest BCUT2D eigenvalue weighted by Crippen LogP contribution is -2.50. The molecule has 1 fully saturated rings. The van der Waals surface area contributed by atoms with Gasteiger partial charge in [-0.15, -0.1) is 0 Å². The predicted molar refractivity (Wildman–Crippen MR) is 100 cm³/mol. The van der Waals surface area contributed by atoms with Crippen molar-refractivity contribution in [2.45, 2.75) is 37.4 Å². The van der Waals surface area contributed by atoms with Crippen molar-refractivity contribution in [3.8, 4) is 0 Å². The van der Waals surface area contributed by atoms with Gasteiger partial charge < -0.3 is 10.6 Å². The van der Waals surface area contributed by atoms with Crippen molar-refractivity contribution in [3.05, 3.63) is 0 Å². The Morgan fingerprint density at radius 3 is 1.19 bits per heavy atom. The van der Waals surface area contributed by atoms with E-state index in [1.165, 1.54) is 0 Å². The predicted octanol–water partition coefficient (Wildman–Crippen LogP) is -0.969. The van der Waals surface area contributed by atoms with Crippen LogP contribution < -0.4 is 10.6 Å². The molecule has 156 valence electrons. The van der Waals surface area contributed by atoms with Crippen LogP contribution in [0.1, 0.15) is 26.7 Å². The third kappa shape index (κ3) is 7.72. The summed E-state index contributed by atoms with van der Waals surface area (Å²) in [5.41, 5.74) is 0. The third-order valence-electron chi connectivity index (χ3n) is 4.50. The molecule has 0 amide bonds. The van der Waals surface area contributed by atoms with Crippen molar-refractivity contribution in [1.29, 1.82) is 0 Å². The summed E-state index contributed by atoms with van der Waals surface area (Å²) in [6.45, 7) is 7.20. The molecular weight excluding hydrogens is 384 g/mol. The van der Waals surface area contributed by atoms with Gasteiger partial charge in [-0.25, -0.2) is 0 Å². The molecule has 2 atom stereocenters. The molecule has 0 saturated carbocycles. The van der Waals surface area contributed by atoms with E-state index in [9.17, 15) is 25.9 Å². The number of hydrogen-bond acceptors (Lipinski definition) is 8. The molecular formula is C14H32N4O6S2. The van der Waals surface area contributed by atoms with Gasteiger partial charge in [-0.05, 0) is 12.8 Å². The van der Waals surface area contributed by atoms with Crippen molar-refractivity contribution in [1.82, 2.24) is 20.4 Å². The molecule has 12 heteroatoms. The molecule has 26 heavy (non-hydrogen) atoms. The molecule has 10 nitrogen and oxygen atoms in total. The van der Waals surface area contributed by atoms with Crippen LogP contribution in [0, 0.1) is 0 Å². The Balaban J connectivity index is 2.73. The second-order valence-corrected chi connectivity index (χ2v) is 9.48. The van der Waals surface area contributed by atoms with Crippen LogP contribution in [0.4, 0.5) is 0 Å². The van der Waals surface area contributed by atoms with Crippen LogP contribution >= 0.6 is 0 Å². The summed E-state index contributed by atoms with van der Waals surface area (Å²) in [5.74, 6) is 0. The molecule has 1 rings (SSSR count). The van der Waals surface area contributed by atoms with Crippen molar-refractivity contribution in [2.75, 3.05) is 52.4 Å². The fourth-order valence-electron chi connectivity index (χ4n) is 3.25. The number of nitrogens with one attached hydrogen (secondary N) is 2. The van der Waals surface area contributed by atoms with E-state index in [1.807, 2.05) is 0 Å². The minimum absolute atomic E-state index is 0.291. The molecule has 2 unspecified atom stereocenters. The van der Waals surface area contributed by atoms with E-state index < -0.39 is 31.0 Å².